The van der Waals surface area contributed by atoms with Gasteiger partial charge in [-0.15, -0.1) is 0 Å². The monoisotopic (exact) mass is 591 g/mol. The summed E-state index contributed by atoms with van der Waals surface area (Å²) in [6, 6.07) is 11.6. The molecule has 4 aromatic rings. The van der Waals surface area contributed by atoms with E-state index in [1.165, 1.54) is 6.33 Å². The molecule has 1 amide bonds. The van der Waals surface area contributed by atoms with Gasteiger partial charge in [-0.05, 0) is 60.4 Å². The molecule has 4 atom stereocenters. The number of hydrogen-bond donors (Lipinski definition) is 1. The number of benzene rings is 1. The molecule has 1 aliphatic carbocycles. The molecule has 3 aromatic heterocycles. The SMILES string of the molecule is Cc1ccnc(Oc2ccc(-c3c(C#C[C@@H]4[C@H]5CN(C(=O)/C=C/CN6CCC(F)C6)C[C@@H]45)n(C)c4ncnc(N)c34)cc2)c1. The number of anilines is 1. The molecule has 3 aliphatic rings. The van der Waals surface area contributed by atoms with Crippen LogP contribution in [0.4, 0.5) is 10.2 Å². The molecule has 3 fully saturated rings. The van der Waals surface area contributed by atoms with E-state index in [9.17, 15) is 9.18 Å². The van der Waals surface area contributed by atoms with Crippen LogP contribution in [0.15, 0.2) is 61.1 Å². The third-order valence-electron chi connectivity index (χ3n) is 8.95. The van der Waals surface area contributed by atoms with Gasteiger partial charge < -0.3 is 19.9 Å². The zero-order valence-electron chi connectivity index (χ0n) is 24.8. The highest BCUT2D eigenvalue weighted by Gasteiger charge is 2.55. The molecule has 0 radical (unpaired) electrons. The zero-order chi connectivity index (χ0) is 30.4. The molecule has 9 nitrogen and oxygen atoms in total. The van der Waals surface area contributed by atoms with E-state index in [-0.39, 0.29) is 11.8 Å². The highest BCUT2D eigenvalue weighted by molar-refractivity contribution is 6.03. The molecule has 0 bridgehead atoms. The number of likely N-dealkylation sites (tertiary alicyclic amines) is 2. The van der Waals surface area contributed by atoms with Crippen LogP contribution in [0.1, 0.15) is 17.7 Å². The third-order valence-corrected chi connectivity index (χ3v) is 8.95. The van der Waals surface area contributed by atoms with Crippen molar-refractivity contribution in [2.24, 2.45) is 24.8 Å². The van der Waals surface area contributed by atoms with Crippen molar-refractivity contribution in [2.75, 3.05) is 38.5 Å². The number of hydrogen-bond acceptors (Lipinski definition) is 7. The Morgan fingerprint density at radius 2 is 1.93 bits per heavy atom. The minimum atomic E-state index is -0.750. The van der Waals surface area contributed by atoms with Crippen molar-refractivity contribution in [2.45, 2.75) is 19.5 Å². The van der Waals surface area contributed by atoms with Gasteiger partial charge in [0.2, 0.25) is 11.8 Å². The number of rotatable bonds is 6. The van der Waals surface area contributed by atoms with Gasteiger partial charge in [-0.25, -0.2) is 19.3 Å². The predicted molar refractivity (Wildman–Crippen MR) is 166 cm³/mol. The first-order valence-electron chi connectivity index (χ1n) is 15.0. The van der Waals surface area contributed by atoms with Crippen LogP contribution in [0.3, 0.4) is 0 Å². The summed E-state index contributed by atoms with van der Waals surface area (Å²) in [4.78, 5) is 29.7. The van der Waals surface area contributed by atoms with Crippen molar-refractivity contribution in [3.63, 3.8) is 0 Å². The minimum Gasteiger partial charge on any atom is -0.439 e. The maximum atomic E-state index is 13.4. The first kappa shape index (κ1) is 28.0. The largest absolute Gasteiger partial charge is 0.439 e. The van der Waals surface area contributed by atoms with E-state index in [1.807, 2.05) is 70.8 Å². The molecule has 224 valence electrons. The predicted octanol–water partition coefficient (Wildman–Crippen LogP) is 4.37. The van der Waals surface area contributed by atoms with Crippen molar-refractivity contribution in [3.8, 4) is 34.6 Å². The molecule has 44 heavy (non-hydrogen) atoms. The quantitative estimate of drug-likeness (QED) is 0.263. The van der Waals surface area contributed by atoms with E-state index in [0.29, 0.717) is 61.9 Å². The van der Waals surface area contributed by atoms with Crippen LogP contribution in [0.2, 0.25) is 0 Å². The number of amides is 1. The second-order valence-corrected chi connectivity index (χ2v) is 12.0. The Kier molecular flexibility index (Phi) is 7.26. The Bertz CT molecular complexity index is 1810. The summed E-state index contributed by atoms with van der Waals surface area (Å²) in [5.41, 5.74) is 10.8. The van der Waals surface area contributed by atoms with Gasteiger partial charge in [0.15, 0.2) is 0 Å². The number of aryl methyl sites for hydroxylation is 2. The lowest BCUT2D eigenvalue weighted by Crippen LogP contribution is -2.30. The molecule has 1 unspecified atom stereocenters. The van der Waals surface area contributed by atoms with Crippen LogP contribution in [0, 0.1) is 36.5 Å². The fourth-order valence-corrected chi connectivity index (χ4v) is 6.51. The lowest BCUT2D eigenvalue weighted by molar-refractivity contribution is -0.125. The Hall–Kier alpha value is -4.75. The van der Waals surface area contributed by atoms with E-state index >= 15 is 0 Å². The number of alkyl halides is 1. The average molecular weight is 592 g/mol. The molecule has 2 saturated heterocycles. The number of piperidine rings is 1. The van der Waals surface area contributed by atoms with Crippen LogP contribution in [-0.2, 0) is 11.8 Å². The summed E-state index contributed by atoms with van der Waals surface area (Å²) in [7, 11) is 1.94. The van der Waals surface area contributed by atoms with E-state index in [1.54, 1.807) is 12.3 Å². The highest BCUT2D eigenvalue weighted by atomic mass is 19.1. The minimum absolute atomic E-state index is 0.0236. The Balaban J connectivity index is 1.08. The van der Waals surface area contributed by atoms with Gasteiger partial charge in [0.25, 0.3) is 0 Å². The maximum Gasteiger partial charge on any atom is 0.246 e. The molecular formula is C34H34FN7O2. The van der Waals surface area contributed by atoms with E-state index in [4.69, 9.17) is 10.5 Å². The lowest BCUT2D eigenvalue weighted by atomic mass is 10.0. The van der Waals surface area contributed by atoms with Gasteiger partial charge in [-0.3, -0.25) is 9.69 Å². The molecule has 5 heterocycles. The number of nitrogen functional groups attached to an aromatic ring is 1. The average Bonchev–Trinajstić information content (AvgIpc) is 3.34. The molecular weight excluding hydrogens is 557 g/mol. The second kappa shape index (κ2) is 11.4. The van der Waals surface area contributed by atoms with Crippen LogP contribution >= 0.6 is 0 Å². The van der Waals surface area contributed by atoms with Crippen molar-refractivity contribution in [1.29, 1.82) is 0 Å². The number of carbonyl (C=O) groups is 1. The molecule has 1 saturated carbocycles. The van der Waals surface area contributed by atoms with Crippen LogP contribution in [0.25, 0.3) is 22.2 Å². The number of fused-ring (bicyclic) bond motifs is 2. The number of nitrogens with two attached hydrogens (primary N) is 1. The summed E-state index contributed by atoms with van der Waals surface area (Å²) in [6.07, 6.45) is 6.52. The Labute approximate surface area is 255 Å². The van der Waals surface area contributed by atoms with Gasteiger partial charge in [0, 0.05) is 69.6 Å². The topological polar surface area (TPSA) is 102 Å². The molecule has 0 spiro atoms. The van der Waals surface area contributed by atoms with Crippen molar-refractivity contribution >= 4 is 22.8 Å². The molecule has 1 aromatic carbocycles. The zero-order valence-corrected chi connectivity index (χ0v) is 24.8. The van der Waals surface area contributed by atoms with Gasteiger partial charge in [-0.1, -0.05) is 24.1 Å². The fraction of sp³-hybridized carbons (Fsp3) is 0.353. The lowest BCUT2D eigenvalue weighted by Gasteiger charge is -2.17. The number of halogens is 1. The number of nitrogens with zero attached hydrogens (tertiary/aromatic N) is 6. The first-order chi connectivity index (χ1) is 21.4. The summed E-state index contributed by atoms with van der Waals surface area (Å²) in [6.45, 7) is 5.23. The van der Waals surface area contributed by atoms with Crippen molar-refractivity contribution in [3.05, 3.63) is 72.3 Å². The molecule has 7 rings (SSSR count). The number of pyridine rings is 1. The van der Waals surface area contributed by atoms with Gasteiger partial charge in [0.05, 0.1) is 5.39 Å². The Morgan fingerprint density at radius 3 is 2.66 bits per heavy atom. The Morgan fingerprint density at radius 1 is 1.14 bits per heavy atom. The van der Waals surface area contributed by atoms with E-state index < -0.39 is 6.17 Å². The molecule has 2 N–H and O–H groups in total. The maximum absolute atomic E-state index is 13.4. The molecule has 2 aliphatic heterocycles. The highest BCUT2D eigenvalue weighted by Crippen LogP contribution is 2.51. The molecule has 10 heteroatoms. The second-order valence-electron chi connectivity index (χ2n) is 12.0. The summed E-state index contributed by atoms with van der Waals surface area (Å²) < 4.78 is 21.3. The van der Waals surface area contributed by atoms with Crippen molar-refractivity contribution in [1.82, 2.24) is 29.3 Å². The van der Waals surface area contributed by atoms with E-state index in [0.717, 1.165) is 40.0 Å². The normalized spacial score (nSPS) is 22.8. The number of aromatic nitrogens is 4. The summed E-state index contributed by atoms with van der Waals surface area (Å²) in [5, 5.41) is 0.767. The fourth-order valence-electron chi connectivity index (χ4n) is 6.51. The smallest absolute Gasteiger partial charge is 0.246 e. The first-order valence-corrected chi connectivity index (χ1v) is 15.0. The van der Waals surface area contributed by atoms with Gasteiger partial charge in [-0.2, -0.15) is 0 Å². The van der Waals surface area contributed by atoms with Gasteiger partial charge >= 0.3 is 0 Å². The third kappa shape index (κ3) is 5.40. The number of ether oxygens (including phenoxy) is 1. The van der Waals surface area contributed by atoms with Gasteiger partial charge in [0.1, 0.15) is 35.4 Å². The van der Waals surface area contributed by atoms with Crippen molar-refractivity contribution < 1.29 is 13.9 Å². The number of carbonyl (C=O) groups excluding carboxylic acids is 1. The van der Waals surface area contributed by atoms with Crippen LogP contribution in [-0.4, -0.2) is 74.1 Å². The van der Waals surface area contributed by atoms with Crippen LogP contribution in [0.5, 0.6) is 11.6 Å². The van der Waals surface area contributed by atoms with Crippen LogP contribution < -0.4 is 10.5 Å². The summed E-state index contributed by atoms with van der Waals surface area (Å²) in [5.74, 6) is 9.59. The summed E-state index contributed by atoms with van der Waals surface area (Å²) >= 11 is 0. The standard InChI is InChI=1S/C34H34FN7O2/c1-21-11-13-37-29(16-21)44-24-7-5-22(6-8-24)31-28(40(2)34-32(31)33(36)38-20-39-34)10-9-25-26-18-42(19-27(25)26)30(43)4-3-14-41-15-12-23(35)17-41/h3-8,11,13,16,20,23,25-27H,12,14-15,17-19H2,1-2H3,(H2,36,38,39)/b4-3+/t23?,25-,26-,27+. The van der Waals surface area contributed by atoms with E-state index in [2.05, 4.69) is 26.8 Å².